The number of methoxy groups -OCH3 is 1. The van der Waals surface area contributed by atoms with Crippen molar-refractivity contribution in [3.05, 3.63) is 52.7 Å². The summed E-state index contributed by atoms with van der Waals surface area (Å²) in [5, 5.41) is 7.42. The number of hydrogen-bond donors (Lipinski definition) is 1. The third kappa shape index (κ3) is 3.26. The quantitative estimate of drug-likeness (QED) is 0.570. The molecule has 4 rings (SSSR count). The summed E-state index contributed by atoms with van der Waals surface area (Å²) in [5.74, 6) is 0.194. The number of carbonyl (C=O) groups is 1. The largest absolute Gasteiger partial charge is 0.481 e. The molecule has 0 radical (unpaired) electrons. The second kappa shape index (κ2) is 6.81. The van der Waals surface area contributed by atoms with E-state index in [4.69, 9.17) is 9.26 Å². The van der Waals surface area contributed by atoms with Crippen molar-refractivity contribution >= 4 is 34.0 Å². The predicted octanol–water partition coefficient (Wildman–Crippen LogP) is 4.22. The zero-order valence-corrected chi connectivity index (χ0v) is 15.8. The summed E-state index contributed by atoms with van der Waals surface area (Å²) in [7, 11) is 1.54. The first-order valence-electron chi connectivity index (χ1n) is 8.20. The van der Waals surface area contributed by atoms with Gasteiger partial charge in [-0.15, -0.1) is 11.3 Å². The Morgan fingerprint density at radius 1 is 1.22 bits per heavy atom. The topological polar surface area (TPSA) is 90.1 Å². The monoisotopic (exact) mass is 380 g/mol. The lowest BCUT2D eigenvalue weighted by atomic mass is 10.1. The Kier molecular flexibility index (Phi) is 4.33. The van der Waals surface area contributed by atoms with Crippen molar-refractivity contribution in [1.82, 2.24) is 15.1 Å². The maximum atomic E-state index is 13.0. The van der Waals surface area contributed by atoms with Crippen molar-refractivity contribution in [3.63, 3.8) is 0 Å². The van der Waals surface area contributed by atoms with Crippen molar-refractivity contribution in [3.8, 4) is 16.5 Å². The SMILES string of the molecule is COc1ccc(NC(=O)c2cc(-c3ccc(C)s3)nc3onc(C)c23)cn1. The lowest BCUT2D eigenvalue weighted by Gasteiger charge is -2.08. The number of pyridine rings is 2. The van der Waals surface area contributed by atoms with Gasteiger partial charge in [-0.3, -0.25) is 4.79 Å². The number of anilines is 1. The van der Waals surface area contributed by atoms with Gasteiger partial charge in [0, 0.05) is 10.9 Å². The fourth-order valence-electron chi connectivity index (χ4n) is 2.75. The van der Waals surface area contributed by atoms with Crippen molar-refractivity contribution in [2.45, 2.75) is 13.8 Å². The highest BCUT2D eigenvalue weighted by Gasteiger charge is 2.20. The summed E-state index contributed by atoms with van der Waals surface area (Å²) in [5.41, 5.74) is 2.65. The Bertz CT molecular complexity index is 1130. The molecule has 4 aromatic rings. The van der Waals surface area contributed by atoms with Gasteiger partial charge in [-0.2, -0.15) is 0 Å². The van der Waals surface area contributed by atoms with Gasteiger partial charge in [0.25, 0.3) is 11.6 Å². The molecule has 4 aromatic heterocycles. The van der Waals surface area contributed by atoms with E-state index in [1.54, 1.807) is 42.7 Å². The summed E-state index contributed by atoms with van der Waals surface area (Å²) in [6.07, 6.45) is 1.54. The molecule has 0 aliphatic rings. The fraction of sp³-hybridized carbons (Fsp3) is 0.158. The Hall–Kier alpha value is -3.26. The number of aromatic nitrogens is 3. The highest BCUT2D eigenvalue weighted by Crippen LogP contribution is 2.31. The second-order valence-corrected chi connectivity index (χ2v) is 7.24. The van der Waals surface area contributed by atoms with Crippen LogP contribution >= 0.6 is 11.3 Å². The van der Waals surface area contributed by atoms with E-state index in [1.807, 2.05) is 19.1 Å². The molecule has 27 heavy (non-hydrogen) atoms. The number of fused-ring (bicyclic) bond motifs is 1. The molecule has 0 bridgehead atoms. The normalized spacial score (nSPS) is 10.9. The van der Waals surface area contributed by atoms with Crippen molar-refractivity contribution in [2.75, 3.05) is 12.4 Å². The van der Waals surface area contributed by atoms with Crippen molar-refractivity contribution < 1.29 is 14.1 Å². The maximum absolute atomic E-state index is 13.0. The standard InChI is InChI=1S/C19H16N4O3S/c1-10-4-6-15(27-10)14-8-13(17-11(2)23-26-19(17)22-14)18(24)21-12-5-7-16(25-3)20-9-12/h4-9H,1-3H3,(H,21,24). The van der Waals surface area contributed by atoms with Crippen LogP contribution in [0.5, 0.6) is 5.88 Å². The molecule has 1 N–H and O–H groups in total. The first kappa shape index (κ1) is 17.2. The first-order valence-corrected chi connectivity index (χ1v) is 9.02. The predicted molar refractivity (Wildman–Crippen MR) is 103 cm³/mol. The molecule has 0 aliphatic carbocycles. The minimum absolute atomic E-state index is 0.282. The summed E-state index contributed by atoms with van der Waals surface area (Å²) in [4.78, 5) is 23.7. The average Bonchev–Trinajstić information content (AvgIpc) is 3.27. The molecule has 4 heterocycles. The van der Waals surface area contributed by atoms with Gasteiger partial charge in [-0.25, -0.2) is 9.97 Å². The number of nitrogens with one attached hydrogen (secondary N) is 1. The first-order chi connectivity index (χ1) is 13.0. The van der Waals surface area contributed by atoms with E-state index in [-0.39, 0.29) is 5.91 Å². The van der Waals surface area contributed by atoms with Crippen LogP contribution in [-0.2, 0) is 0 Å². The van der Waals surface area contributed by atoms with Gasteiger partial charge < -0.3 is 14.6 Å². The minimum Gasteiger partial charge on any atom is -0.481 e. The van der Waals surface area contributed by atoms with E-state index in [1.165, 1.54) is 7.11 Å². The Morgan fingerprint density at radius 3 is 2.74 bits per heavy atom. The highest BCUT2D eigenvalue weighted by molar-refractivity contribution is 7.15. The molecule has 7 nitrogen and oxygen atoms in total. The van der Waals surface area contributed by atoms with Gasteiger partial charge >= 0.3 is 0 Å². The zero-order valence-electron chi connectivity index (χ0n) is 14.9. The van der Waals surface area contributed by atoms with E-state index in [2.05, 4.69) is 20.4 Å². The number of hydrogen-bond acceptors (Lipinski definition) is 7. The van der Waals surface area contributed by atoms with Crippen LogP contribution in [0.2, 0.25) is 0 Å². The van der Waals surface area contributed by atoms with Crippen LogP contribution in [0.15, 0.2) is 41.1 Å². The van der Waals surface area contributed by atoms with E-state index in [0.717, 1.165) is 9.75 Å². The second-order valence-electron chi connectivity index (χ2n) is 5.96. The third-order valence-corrected chi connectivity index (χ3v) is 5.08. The van der Waals surface area contributed by atoms with E-state index < -0.39 is 0 Å². The molecule has 8 heteroatoms. The summed E-state index contributed by atoms with van der Waals surface area (Å²) in [6.45, 7) is 3.81. The lowest BCUT2D eigenvalue weighted by Crippen LogP contribution is -2.13. The van der Waals surface area contributed by atoms with Crippen molar-refractivity contribution in [1.29, 1.82) is 0 Å². The van der Waals surface area contributed by atoms with Crippen LogP contribution in [0, 0.1) is 13.8 Å². The van der Waals surface area contributed by atoms with Crippen LogP contribution in [0.1, 0.15) is 20.9 Å². The maximum Gasteiger partial charge on any atom is 0.259 e. The molecule has 0 fully saturated rings. The van der Waals surface area contributed by atoms with E-state index in [0.29, 0.717) is 39.6 Å². The number of rotatable bonds is 4. The number of aryl methyl sites for hydroxylation is 2. The fourth-order valence-corrected chi connectivity index (χ4v) is 3.57. The molecule has 0 saturated heterocycles. The number of amides is 1. The van der Waals surface area contributed by atoms with Gasteiger partial charge in [-0.1, -0.05) is 5.16 Å². The number of thiophene rings is 1. The summed E-state index contributed by atoms with van der Waals surface area (Å²) >= 11 is 1.60. The molecule has 1 amide bonds. The van der Waals surface area contributed by atoms with Gasteiger partial charge in [0.15, 0.2) is 0 Å². The van der Waals surface area contributed by atoms with Crippen molar-refractivity contribution in [2.24, 2.45) is 0 Å². The molecule has 0 spiro atoms. The molecule has 136 valence electrons. The molecule has 0 unspecified atom stereocenters. The Labute approximate surface area is 159 Å². The molecular weight excluding hydrogens is 364 g/mol. The van der Waals surface area contributed by atoms with Crippen LogP contribution in [0.4, 0.5) is 5.69 Å². The van der Waals surface area contributed by atoms with Crippen LogP contribution < -0.4 is 10.1 Å². The van der Waals surface area contributed by atoms with E-state index >= 15 is 0 Å². The van der Waals surface area contributed by atoms with Crippen LogP contribution in [0.3, 0.4) is 0 Å². The summed E-state index contributed by atoms with van der Waals surface area (Å²) in [6, 6.07) is 9.17. The van der Waals surface area contributed by atoms with Gasteiger partial charge in [0.2, 0.25) is 5.88 Å². The smallest absolute Gasteiger partial charge is 0.259 e. The number of carbonyl (C=O) groups excluding carboxylic acids is 1. The molecule has 0 aliphatic heterocycles. The highest BCUT2D eigenvalue weighted by atomic mass is 32.1. The molecule has 0 saturated carbocycles. The lowest BCUT2D eigenvalue weighted by molar-refractivity contribution is 0.102. The molecule has 0 aromatic carbocycles. The summed E-state index contributed by atoms with van der Waals surface area (Å²) < 4.78 is 10.4. The molecular formula is C19H16N4O3S. The average molecular weight is 380 g/mol. The Morgan fingerprint density at radius 2 is 2.07 bits per heavy atom. The third-order valence-electron chi connectivity index (χ3n) is 4.06. The number of ether oxygens (including phenoxy) is 1. The minimum atomic E-state index is -0.282. The Balaban J connectivity index is 1.76. The van der Waals surface area contributed by atoms with Crippen LogP contribution in [0.25, 0.3) is 21.7 Å². The van der Waals surface area contributed by atoms with Gasteiger partial charge in [-0.05, 0) is 38.1 Å². The van der Waals surface area contributed by atoms with Gasteiger partial charge in [0.1, 0.15) is 0 Å². The van der Waals surface area contributed by atoms with Gasteiger partial charge in [0.05, 0.1) is 46.2 Å². The van der Waals surface area contributed by atoms with E-state index in [9.17, 15) is 4.79 Å². The van der Waals surface area contributed by atoms with Crippen LogP contribution in [-0.4, -0.2) is 28.1 Å². The zero-order chi connectivity index (χ0) is 19.0. The number of nitrogens with zero attached hydrogens (tertiary/aromatic N) is 3. The molecule has 0 atom stereocenters.